The minimum atomic E-state index is -1.17. The second-order valence-corrected chi connectivity index (χ2v) is 6.83. The number of rotatable bonds is 9. The maximum Gasteiger partial charge on any atom is 0.360 e. The Morgan fingerprint density at radius 2 is 1.93 bits per heavy atom. The lowest BCUT2D eigenvalue weighted by Gasteiger charge is -2.42. The third-order valence-corrected chi connectivity index (χ3v) is 4.78. The summed E-state index contributed by atoms with van der Waals surface area (Å²) in [7, 11) is 0. The zero-order valence-electron chi connectivity index (χ0n) is 15.6. The van der Waals surface area contributed by atoms with E-state index in [2.05, 4.69) is 5.32 Å². The van der Waals surface area contributed by atoms with Crippen LogP contribution < -0.4 is 15.7 Å². The molecule has 0 fully saturated rings. The van der Waals surface area contributed by atoms with Crippen molar-refractivity contribution in [1.29, 1.82) is 0 Å². The molecular weight excluding hydrogens is 409 g/mol. The van der Waals surface area contributed by atoms with Crippen molar-refractivity contribution in [2.45, 2.75) is 44.2 Å². The number of unbranched alkanes of at least 4 members (excludes halogenated alkanes) is 1. The molecule has 0 saturated heterocycles. The lowest BCUT2D eigenvalue weighted by molar-refractivity contribution is -0.140. The standard InChI is InChI=1S/C18H27N3O5.2ClH/c19-10-4-3-6-15(18(24)25)20-14-9-8-13-5-1-2-7-16(13)21(26,11-14)12-17(22)23;;/h1-2,5,7,14-15,20H,3-4,6,8-12,19H2,(H,22,23)(H,24,25);2*1H/t14-,15-,21?;;/m0../s1. The Morgan fingerprint density at radius 3 is 2.54 bits per heavy atom. The van der Waals surface area contributed by atoms with E-state index in [-0.39, 0.29) is 37.4 Å². The molecule has 3 atom stereocenters. The van der Waals surface area contributed by atoms with E-state index in [0.717, 1.165) is 12.0 Å². The van der Waals surface area contributed by atoms with Crippen LogP contribution in [0.2, 0.25) is 0 Å². The number of hydrogen-bond donors (Lipinski definition) is 4. The maximum atomic E-state index is 13.3. The molecule has 1 aromatic rings. The summed E-state index contributed by atoms with van der Waals surface area (Å²) in [6.07, 6.45) is 3.03. The van der Waals surface area contributed by atoms with Gasteiger partial charge in [-0.15, -0.1) is 24.8 Å². The van der Waals surface area contributed by atoms with Crippen LogP contribution in [0.5, 0.6) is 0 Å². The van der Waals surface area contributed by atoms with Gasteiger partial charge in [-0.3, -0.25) is 10.1 Å². The van der Waals surface area contributed by atoms with Gasteiger partial charge in [-0.1, -0.05) is 24.6 Å². The molecule has 0 aromatic heterocycles. The molecule has 2 rings (SSSR count). The zero-order chi connectivity index (χ0) is 19.2. The highest BCUT2D eigenvalue weighted by molar-refractivity contribution is 5.85. The molecule has 8 nitrogen and oxygen atoms in total. The van der Waals surface area contributed by atoms with Gasteiger partial charge in [0, 0.05) is 5.56 Å². The molecule has 0 amide bonds. The molecule has 28 heavy (non-hydrogen) atoms. The molecule has 10 heteroatoms. The quantitative estimate of drug-likeness (QED) is 0.263. The summed E-state index contributed by atoms with van der Waals surface area (Å²) < 4.78 is -0.988. The third kappa shape index (κ3) is 7.20. The number of para-hydroxylation sites is 1. The molecule has 0 bridgehead atoms. The highest BCUT2D eigenvalue weighted by Gasteiger charge is 2.34. The van der Waals surface area contributed by atoms with E-state index in [1.807, 2.05) is 12.1 Å². The zero-order valence-corrected chi connectivity index (χ0v) is 17.2. The van der Waals surface area contributed by atoms with Crippen LogP contribution in [-0.4, -0.2) is 53.9 Å². The number of nitrogens with two attached hydrogens (primary N) is 1. The fourth-order valence-electron chi connectivity index (χ4n) is 3.55. The van der Waals surface area contributed by atoms with Gasteiger partial charge in [0.1, 0.15) is 11.7 Å². The first-order chi connectivity index (χ1) is 12.4. The first-order valence-electron chi connectivity index (χ1n) is 8.93. The van der Waals surface area contributed by atoms with Crippen molar-refractivity contribution in [2.75, 3.05) is 19.6 Å². The molecule has 1 aromatic carbocycles. The summed E-state index contributed by atoms with van der Waals surface area (Å²) in [6.45, 7) is -0.0890. The summed E-state index contributed by atoms with van der Waals surface area (Å²) in [5.74, 6) is -2.14. The fraction of sp³-hybridized carbons (Fsp3) is 0.556. The summed E-state index contributed by atoms with van der Waals surface area (Å²) in [5, 5.41) is 35.1. The van der Waals surface area contributed by atoms with Gasteiger partial charge in [0.25, 0.3) is 0 Å². The number of carbonyl (C=O) groups is 2. The van der Waals surface area contributed by atoms with E-state index in [9.17, 15) is 25.0 Å². The number of benzene rings is 1. The van der Waals surface area contributed by atoms with Crippen molar-refractivity contribution >= 4 is 42.4 Å². The summed E-state index contributed by atoms with van der Waals surface area (Å²) in [6, 6.07) is 5.91. The Balaban J connectivity index is 0.00000364. The number of halogens is 2. The number of carboxylic acids is 2. The van der Waals surface area contributed by atoms with E-state index in [1.54, 1.807) is 12.1 Å². The number of aryl methyl sites for hydroxylation is 1. The number of quaternary nitrogens is 1. The van der Waals surface area contributed by atoms with E-state index < -0.39 is 29.2 Å². The second kappa shape index (κ2) is 12.2. The average molecular weight is 438 g/mol. The SMILES string of the molecule is Cl.Cl.NCCCC[C@H](N[C@H]1CCc2ccccc2[N+]([O-])(CC(=O)O)C1)C(=O)O. The molecule has 160 valence electrons. The number of fused-ring (bicyclic) bond motifs is 1. The number of carboxylic acid groups (broad SMARTS) is 2. The van der Waals surface area contributed by atoms with Crippen molar-refractivity contribution < 1.29 is 19.8 Å². The van der Waals surface area contributed by atoms with Crippen molar-refractivity contribution in [3.05, 3.63) is 35.0 Å². The van der Waals surface area contributed by atoms with Gasteiger partial charge in [0.2, 0.25) is 0 Å². The van der Waals surface area contributed by atoms with Gasteiger partial charge < -0.3 is 25.8 Å². The molecule has 0 spiro atoms. The average Bonchev–Trinajstić information content (AvgIpc) is 2.70. The van der Waals surface area contributed by atoms with Gasteiger partial charge in [0.15, 0.2) is 6.54 Å². The van der Waals surface area contributed by atoms with Crippen molar-refractivity contribution in [3.63, 3.8) is 0 Å². The van der Waals surface area contributed by atoms with Crippen molar-refractivity contribution in [2.24, 2.45) is 5.73 Å². The summed E-state index contributed by atoms with van der Waals surface area (Å²) >= 11 is 0. The fourth-order valence-corrected chi connectivity index (χ4v) is 3.55. The lowest BCUT2D eigenvalue weighted by Crippen LogP contribution is -2.56. The van der Waals surface area contributed by atoms with Gasteiger partial charge in [-0.05, 0) is 38.3 Å². The topological polar surface area (TPSA) is 136 Å². The number of nitrogens with zero attached hydrogens (tertiary/aromatic N) is 1. The third-order valence-electron chi connectivity index (χ3n) is 4.78. The highest BCUT2D eigenvalue weighted by atomic mass is 35.5. The van der Waals surface area contributed by atoms with Crippen LogP contribution in [-0.2, 0) is 16.0 Å². The molecule has 1 heterocycles. The Hall–Kier alpha value is -1.42. The van der Waals surface area contributed by atoms with Gasteiger partial charge in [0.05, 0.1) is 12.6 Å². The van der Waals surface area contributed by atoms with Gasteiger partial charge in [-0.2, -0.15) is 0 Å². The van der Waals surface area contributed by atoms with Crippen molar-refractivity contribution in [1.82, 2.24) is 9.96 Å². The summed E-state index contributed by atoms with van der Waals surface area (Å²) in [5.41, 5.74) is 6.73. The first-order valence-corrected chi connectivity index (χ1v) is 8.93. The molecule has 0 radical (unpaired) electrons. The Labute approximate surface area is 177 Å². The molecule has 1 aliphatic heterocycles. The van der Waals surface area contributed by atoms with Crippen molar-refractivity contribution in [3.8, 4) is 0 Å². The Kier molecular flexibility index (Phi) is 11.6. The van der Waals surface area contributed by atoms with E-state index in [1.165, 1.54) is 0 Å². The van der Waals surface area contributed by atoms with E-state index in [4.69, 9.17) is 5.73 Å². The minimum Gasteiger partial charge on any atom is -0.627 e. The first kappa shape index (κ1) is 26.6. The van der Waals surface area contributed by atoms with E-state index >= 15 is 0 Å². The van der Waals surface area contributed by atoms with Crippen LogP contribution in [0.25, 0.3) is 0 Å². The number of nitrogens with one attached hydrogen (secondary N) is 1. The maximum absolute atomic E-state index is 13.3. The van der Waals surface area contributed by atoms with Gasteiger partial charge in [-0.25, -0.2) is 4.79 Å². The summed E-state index contributed by atoms with van der Waals surface area (Å²) in [4.78, 5) is 22.8. The number of hydrogen-bond acceptors (Lipinski definition) is 5. The predicted octanol–water partition coefficient (Wildman–Crippen LogP) is 1.91. The normalized spacial score (nSPS) is 22.0. The smallest absolute Gasteiger partial charge is 0.360 e. The van der Waals surface area contributed by atoms with Crippen LogP contribution in [0.3, 0.4) is 0 Å². The Morgan fingerprint density at radius 1 is 1.25 bits per heavy atom. The van der Waals surface area contributed by atoms with E-state index in [0.29, 0.717) is 37.9 Å². The highest BCUT2D eigenvalue weighted by Crippen LogP contribution is 2.31. The van der Waals surface area contributed by atoms with Gasteiger partial charge >= 0.3 is 11.9 Å². The van der Waals surface area contributed by atoms with Crippen LogP contribution in [0, 0.1) is 5.21 Å². The van der Waals surface area contributed by atoms with Crippen LogP contribution >= 0.6 is 24.8 Å². The second-order valence-electron chi connectivity index (χ2n) is 6.83. The molecule has 0 aliphatic carbocycles. The number of aliphatic carboxylic acids is 2. The van der Waals surface area contributed by atoms with Crippen LogP contribution in [0.15, 0.2) is 24.3 Å². The number of hydroxylamine groups is 2. The molecule has 0 saturated carbocycles. The predicted molar refractivity (Wildman–Crippen MR) is 113 cm³/mol. The van der Waals surface area contributed by atoms with Crippen LogP contribution in [0.1, 0.15) is 31.2 Å². The molecule has 1 unspecified atom stereocenters. The van der Waals surface area contributed by atoms with Crippen LogP contribution in [0.4, 0.5) is 5.69 Å². The Bertz CT molecular complexity index is 649. The minimum absolute atomic E-state index is 0. The largest absolute Gasteiger partial charge is 0.627 e. The monoisotopic (exact) mass is 437 g/mol. The molecule has 1 aliphatic rings. The lowest BCUT2D eigenvalue weighted by atomic mass is 10.0. The molecular formula is C18H29Cl2N3O5. The molecule has 5 N–H and O–H groups in total.